The van der Waals surface area contributed by atoms with Crippen molar-refractivity contribution in [2.24, 2.45) is 0 Å². The summed E-state index contributed by atoms with van der Waals surface area (Å²) in [5, 5.41) is 11.1. The quantitative estimate of drug-likeness (QED) is 0.488. The molecule has 0 atom stereocenters. The number of hydrogen-bond acceptors (Lipinski definition) is 5. The molecular formula is C12H10ClN3O3. The average Bonchev–Trinajstić information content (AvgIpc) is 2.37. The van der Waals surface area contributed by atoms with Crippen molar-refractivity contribution >= 4 is 17.3 Å². The molecular weight excluding hydrogens is 270 g/mol. The SMILES string of the molecule is Cc1c(Oc2ncnc(Cl)c2C)cccc1[N+](=O)[O-]. The molecule has 2 rings (SSSR count). The molecule has 0 unspecified atom stereocenters. The topological polar surface area (TPSA) is 78.2 Å². The standard InChI is InChI=1S/C12H10ClN3O3/c1-7-9(16(17)18)4-3-5-10(7)19-12-8(2)11(13)14-6-15-12/h3-6H,1-2H3. The van der Waals surface area contributed by atoms with E-state index in [1.54, 1.807) is 26.0 Å². The van der Waals surface area contributed by atoms with E-state index in [4.69, 9.17) is 16.3 Å². The van der Waals surface area contributed by atoms with E-state index in [1.807, 2.05) is 0 Å². The van der Waals surface area contributed by atoms with Crippen LogP contribution < -0.4 is 4.74 Å². The Balaban J connectivity index is 2.42. The molecule has 0 fully saturated rings. The van der Waals surface area contributed by atoms with Crippen LogP contribution in [0.3, 0.4) is 0 Å². The van der Waals surface area contributed by atoms with E-state index in [9.17, 15) is 10.1 Å². The first-order chi connectivity index (χ1) is 9.00. The fourth-order valence-corrected chi connectivity index (χ4v) is 1.66. The van der Waals surface area contributed by atoms with Crippen LogP contribution >= 0.6 is 11.6 Å². The summed E-state index contributed by atoms with van der Waals surface area (Å²) in [5.74, 6) is 0.649. The van der Waals surface area contributed by atoms with Gasteiger partial charge >= 0.3 is 0 Å². The number of rotatable bonds is 3. The fraction of sp³-hybridized carbons (Fsp3) is 0.167. The zero-order valence-electron chi connectivity index (χ0n) is 10.3. The lowest BCUT2D eigenvalue weighted by Crippen LogP contribution is -1.97. The van der Waals surface area contributed by atoms with Crippen LogP contribution in [-0.4, -0.2) is 14.9 Å². The van der Waals surface area contributed by atoms with Gasteiger partial charge in [0.1, 0.15) is 17.2 Å². The van der Waals surface area contributed by atoms with Gasteiger partial charge in [-0.05, 0) is 19.9 Å². The highest BCUT2D eigenvalue weighted by molar-refractivity contribution is 6.30. The number of nitrogens with zero attached hydrogens (tertiary/aromatic N) is 3. The van der Waals surface area contributed by atoms with Crippen molar-refractivity contribution in [2.45, 2.75) is 13.8 Å². The van der Waals surface area contributed by atoms with Crippen LogP contribution in [-0.2, 0) is 0 Å². The smallest absolute Gasteiger partial charge is 0.276 e. The van der Waals surface area contributed by atoms with Gasteiger partial charge in [-0.3, -0.25) is 10.1 Å². The third-order valence-electron chi connectivity index (χ3n) is 2.64. The molecule has 0 saturated carbocycles. The molecule has 0 aliphatic heterocycles. The highest BCUT2D eigenvalue weighted by Crippen LogP contribution is 2.32. The van der Waals surface area contributed by atoms with E-state index in [2.05, 4.69) is 9.97 Å². The van der Waals surface area contributed by atoms with Crippen molar-refractivity contribution in [1.82, 2.24) is 9.97 Å². The van der Waals surface area contributed by atoms with Gasteiger partial charge in [0, 0.05) is 11.6 Å². The molecule has 0 amide bonds. The number of benzene rings is 1. The number of ether oxygens (including phenoxy) is 1. The lowest BCUT2D eigenvalue weighted by Gasteiger charge is -2.10. The van der Waals surface area contributed by atoms with E-state index >= 15 is 0 Å². The zero-order chi connectivity index (χ0) is 14.0. The van der Waals surface area contributed by atoms with Crippen LogP contribution in [0.5, 0.6) is 11.6 Å². The number of nitro groups is 1. The Morgan fingerprint density at radius 2 is 2.00 bits per heavy atom. The molecule has 1 aromatic carbocycles. The molecule has 0 radical (unpaired) electrons. The minimum absolute atomic E-state index is 0.00435. The van der Waals surface area contributed by atoms with Gasteiger partial charge in [-0.15, -0.1) is 0 Å². The fourth-order valence-electron chi connectivity index (χ4n) is 1.53. The third-order valence-corrected chi connectivity index (χ3v) is 3.02. The summed E-state index contributed by atoms with van der Waals surface area (Å²) in [6, 6.07) is 4.61. The molecule has 6 nitrogen and oxygen atoms in total. The normalized spacial score (nSPS) is 10.3. The van der Waals surface area contributed by atoms with Gasteiger partial charge in [0.2, 0.25) is 5.88 Å². The highest BCUT2D eigenvalue weighted by atomic mass is 35.5. The van der Waals surface area contributed by atoms with E-state index in [0.29, 0.717) is 16.9 Å². The van der Waals surface area contributed by atoms with Crippen molar-refractivity contribution in [3.8, 4) is 11.6 Å². The summed E-state index contributed by atoms with van der Waals surface area (Å²) < 4.78 is 5.57. The second kappa shape index (κ2) is 5.19. The van der Waals surface area contributed by atoms with Crippen molar-refractivity contribution < 1.29 is 9.66 Å². The molecule has 0 aliphatic carbocycles. The van der Waals surface area contributed by atoms with Crippen LogP contribution in [0.4, 0.5) is 5.69 Å². The molecule has 0 N–H and O–H groups in total. The maximum absolute atomic E-state index is 10.9. The molecule has 98 valence electrons. The van der Waals surface area contributed by atoms with Crippen molar-refractivity contribution in [3.05, 3.63) is 50.9 Å². The molecule has 0 bridgehead atoms. The molecule has 0 saturated heterocycles. The lowest BCUT2D eigenvalue weighted by atomic mass is 10.2. The summed E-state index contributed by atoms with van der Waals surface area (Å²) in [5.41, 5.74) is 1.01. The Labute approximate surface area is 114 Å². The van der Waals surface area contributed by atoms with Crippen molar-refractivity contribution in [1.29, 1.82) is 0 Å². The first-order valence-corrected chi connectivity index (χ1v) is 5.77. The average molecular weight is 280 g/mol. The van der Waals surface area contributed by atoms with E-state index in [0.717, 1.165) is 0 Å². The second-order valence-corrected chi connectivity index (χ2v) is 4.21. The first kappa shape index (κ1) is 13.2. The summed E-state index contributed by atoms with van der Waals surface area (Å²) >= 11 is 5.86. The molecule has 1 aromatic heterocycles. The molecule has 19 heavy (non-hydrogen) atoms. The zero-order valence-corrected chi connectivity index (χ0v) is 11.0. The number of halogens is 1. The molecule has 0 aliphatic rings. The summed E-state index contributed by atoms with van der Waals surface area (Å²) in [4.78, 5) is 18.2. The van der Waals surface area contributed by atoms with Crippen molar-refractivity contribution in [2.75, 3.05) is 0 Å². The highest BCUT2D eigenvalue weighted by Gasteiger charge is 2.16. The Kier molecular flexibility index (Phi) is 3.62. The Morgan fingerprint density at radius 3 is 2.68 bits per heavy atom. The monoisotopic (exact) mass is 279 g/mol. The summed E-state index contributed by atoms with van der Waals surface area (Å²) in [6.07, 6.45) is 1.28. The predicted octanol–water partition coefficient (Wildman–Crippen LogP) is 3.45. The van der Waals surface area contributed by atoms with Crippen LogP contribution in [0, 0.1) is 24.0 Å². The Bertz CT molecular complexity index is 646. The van der Waals surface area contributed by atoms with E-state index < -0.39 is 4.92 Å². The Hall–Kier alpha value is -2.21. The second-order valence-electron chi connectivity index (χ2n) is 3.85. The molecule has 1 heterocycles. The van der Waals surface area contributed by atoms with Gasteiger partial charge in [-0.2, -0.15) is 0 Å². The van der Waals surface area contributed by atoms with Crippen LogP contribution in [0.1, 0.15) is 11.1 Å². The minimum Gasteiger partial charge on any atom is -0.438 e. The lowest BCUT2D eigenvalue weighted by molar-refractivity contribution is -0.385. The van der Waals surface area contributed by atoms with Crippen molar-refractivity contribution in [3.63, 3.8) is 0 Å². The maximum Gasteiger partial charge on any atom is 0.276 e. The summed E-state index contributed by atoms with van der Waals surface area (Å²) in [6.45, 7) is 3.33. The Morgan fingerprint density at radius 1 is 1.26 bits per heavy atom. The maximum atomic E-state index is 10.9. The van der Waals surface area contributed by atoms with Gasteiger partial charge in [-0.1, -0.05) is 17.7 Å². The van der Waals surface area contributed by atoms with Gasteiger partial charge < -0.3 is 4.74 Å². The molecule has 2 aromatic rings. The van der Waals surface area contributed by atoms with Gasteiger partial charge in [0.05, 0.1) is 10.5 Å². The van der Waals surface area contributed by atoms with Crippen LogP contribution in [0.25, 0.3) is 0 Å². The van der Waals surface area contributed by atoms with Gasteiger partial charge in [0.15, 0.2) is 0 Å². The molecule has 7 heteroatoms. The summed E-state index contributed by atoms with van der Waals surface area (Å²) in [7, 11) is 0. The number of aromatic nitrogens is 2. The number of nitro benzene ring substituents is 1. The van der Waals surface area contributed by atoms with Crippen LogP contribution in [0.15, 0.2) is 24.5 Å². The predicted molar refractivity (Wildman–Crippen MR) is 69.7 cm³/mol. The largest absolute Gasteiger partial charge is 0.438 e. The van der Waals surface area contributed by atoms with Gasteiger partial charge in [0.25, 0.3) is 5.69 Å². The first-order valence-electron chi connectivity index (χ1n) is 5.39. The third kappa shape index (κ3) is 2.63. The van der Waals surface area contributed by atoms with E-state index in [-0.39, 0.29) is 16.7 Å². The molecule has 0 spiro atoms. The number of hydrogen-bond donors (Lipinski definition) is 0. The van der Waals surface area contributed by atoms with E-state index in [1.165, 1.54) is 12.4 Å². The van der Waals surface area contributed by atoms with Crippen LogP contribution in [0.2, 0.25) is 5.15 Å². The van der Waals surface area contributed by atoms with Gasteiger partial charge in [-0.25, -0.2) is 9.97 Å². The minimum atomic E-state index is -0.456.